The van der Waals surface area contributed by atoms with Gasteiger partial charge in [-0.1, -0.05) is 40.5 Å². The molecule has 0 heterocycles. The van der Waals surface area contributed by atoms with Crippen molar-refractivity contribution in [2.75, 3.05) is 0 Å². The Balaban J connectivity index is 2.36. The van der Waals surface area contributed by atoms with E-state index in [1.165, 1.54) is 19.3 Å². The second-order valence-corrected chi connectivity index (χ2v) is 6.17. The first-order valence-electron chi connectivity index (χ1n) is 6.18. The maximum atomic E-state index is 11.8. The van der Waals surface area contributed by atoms with E-state index in [-0.39, 0.29) is 11.3 Å². The molecule has 0 unspecified atom stereocenters. The molecule has 2 atom stereocenters. The third-order valence-corrected chi connectivity index (χ3v) is 3.15. The van der Waals surface area contributed by atoms with Crippen molar-refractivity contribution >= 4 is 5.91 Å². The van der Waals surface area contributed by atoms with E-state index in [9.17, 15) is 4.79 Å². The maximum absolute atomic E-state index is 11.8. The summed E-state index contributed by atoms with van der Waals surface area (Å²) < 4.78 is 0. The Bertz CT molecular complexity index is 217. The fourth-order valence-corrected chi connectivity index (χ4v) is 2.27. The van der Waals surface area contributed by atoms with Crippen molar-refractivity contribution in [3.63, 3.8) is 0 Å². The van der Waals surface area contributed by atoms with Gasteiger partial charge in [-0.15, -0.1) is 0 Å². The van der Waals surface area contributed by atoms with Crippen molar-refractivity contribution in [1.29, 1.82) is 0 Å². The van der Waals surface area contributed by atoms with Crippen molar-refractivity contribution in [1.82, 2.24) is 5.32 Å². The summed E-state index contributed by atoms with van der Waals surface area (Å²) in [6.45, 7) is 8.58. The quantitative estimate of drug-likeness (QED) is 0.747. The summed E-state index contributed by atoms with van der Waals surface area (Å²) in [5, 5.41) is 3.19. The van der Waals surface area contributed by atoms with Gasteiger partial charge in [0.25, 0.3) is 0 Å². The average Bonchev–Trinajstić information content (AvgIpc) is 2.05. The number of rotatable bonds is 2. The topological polar surface area (TPSA) is 29.1 Å². The summed E-state index contributed by atoms with van der Waals surface area (Å²) in [7, 11) is 0. The minimum Gasteiger partial charge on any atom is -0.353 e. The van der Waals surface area contributed by atoms with E-state index in [0.717, 1.165) is 6.42 Å². The molecule has 15 heavy (non-hydrogen) atoms. The zero-order valence-corrected chi connectivity index (χ0v) is 10.6. The molecule has 1 saturated carbocycles. The number of carbonyl (C=O) groups is 1. The normalized spacial score (nSPS) is 27.5. The lowest BCUT2D eigenvalue weighted by Crippen LogP contribution is -2.42. The highest BCUT2D eigenvalue weighted by atomic mass is 16.1. The Labute approximate surface area is 93.8 Å². The maximum Gasteiger partial charge on any atom is 0.220 e. The van der Waals surface area contributed by atoms with Crippen LogP contribution in [0.4, 0.5) is 0 Å². The molecule has 0 aromatic carbocycles. The van der Waals surface area contributed by atoms with Gasteiger partial charge in [-0.2, -0.15) is 0 Å². The van der Waals surface area contributed by atoms with Crippen LogP contribution in [0.1, 0.15) is 59.8 Å². The molecule has 0 spiro atoms. The highest BCUT2D eigenvalue weighted by Crippen LogP contribution is 2.24. The molecule has 2 heteroatoms. The molecule has 1 aliphatic rings. The number of hydrogen-bond donors (Lipinski definition) is 1. The Morgan fingerprint density at radius 1 is 1.27 bits per heavy atom. The molecule has 1 N–H and O–H groups in total. The predicted octanol–water partition coefficient (Wildman–Crippen LogP) is 3.12. The van der Waals surface area contributed by atoms with Gasteiger partial charge in [0.2, 0.25) is 5.91 Å². The first-order valence-corrected chi connectivity index (χ1v) is 6.18. The summed E-state index contributed by atoms with van der Waals surface area (Å²) in [5.74, 6) is 0.879. The second-order valence-electron chi connectivity index (χ2n) is 6.17. The van der Waals surface area contributed by atoms with E-state index < -0.39 is 0 Å². The van der Waals surface area contributed by atoms with E-state index in [2.05, 4.69) is 33.0 Å². The van der Waals surface area contributed by atoms with Crippen LogP contribution in [-0.4, -0.2) is 11.9 Å². The first-order chi connectivity index (χ1) is 6.88. The standard InChI is InChI=1S/C13H25NO/c1-10-7-5-6-8-11(10)14-12(15)9-13(2,3)4/h10-11H,5-9H2,1-4H3,(H,14,15)/t10-,11-/m1/s1. The van der Waals surface area contributed by atoms with Gasteiger partial charge < -0.3 is 5.32 Å². The van der Waals surface area contributed by atoms with E-state index >= 15 is 0 Å². The summed E-state index contributed by atoms with van der Waals surface area (Å²) >= 11 is 0. The third kappa shape index (κ3) is 4.67. The second kappa shape index (κ2) is 5.00. The first kappa shape index (κ1) is 12.5. The van der Waals surface area contributed by atoms with Crippen LogP contribution in [0.15, 0.2) is 0 Å². The minimum atomic E-state index is 0.0992. The molecule has 2 nitrogen and oxygen atoms in total. The van der Waals surface area contributed by atoms with Crippen LogP contribution in [0, 0.1) is 11.3 Å². The minimum absolute atomic E-state index is 0.0992. The Morgan fingerprint density at radius 3 is 2.40 bits per heavy atom. The van der Waals surface area contributed by atoms with Gasteiger partial charge in [0.05, 0.1) is 0 Å². The summed E-state index contributed by atoms with van der Waals surface area (Å²) in [4.78, 5) is 11.8. The van der Waals surface area contributed by atoms with Gasteiger partial charge in [-0.3, -0.25) is 4.79 Å². The van der Waals surface area contributed by atoms with Gasteiger partial charge in [-0.25, -0.2) is 0 Å². The molecule has 88 valence electrons. The summed E-state index contributed by atoms with van der Waals surface area (Å²) in [6.07, 6.45) is 5.66. The molecule has 0 aromatic heterocycles. The van der Waals surface area contributed by atoms with Crippen LogP contribution in [-0.2, 0) is 4.79 Å². The zero-order chi connectivity index (χ0) is 11.5. The van der Waals surface area contributed by atoms with Crippen molar-refractivity contribution in [3.8, 4) is 0 Å². The Kier molecular flexibility index (Phi) is 4.18. The van der Waals surface area contributed by atoms with E-state index in [1.54, 1.807) is 0 Å². The van der Waals surface area contributed by atoms with Crippen LogP contribution in [0.2, 0.25) is 0 Å². The molecule has 0 bridgehead atoms. The van der Waals surface area contributed by atoms with Crippen LogP contribution < -0.4 is 5.32 Å². The van der Waals surface area contributed by atoms with Gasteiger partial charge in [0.1, 0.15) is 0 Å². The Hall–Kier alpha value is -0.530. The molecular formula is C13H25NO. The molecule has 0 saturated heterocycles. The molecule has 1 amide bonds. The number of hydrogen-bond acceptors (Lipinski definition) is 1. The van der Waals surface area contributed by atoms with Crippen LogP contribution in [0.5, 0.6) is 0 Å². The lowest BCUT2D eigenvalue weighted by molar-refractivity contribution is -0.124. The van der Waals surface area contributed by atoms with E-state index in [4.69, 9.17) is 0 Å². The monoisotopic (exact) mass is 211 g/mol. The summed E-state index contributed by atoms with van der Waals surface area (Å²) in [5.41, 5.74) is 0.0992. The van der Waals surface area contributed by atoms with Gasteiger partial charge >= 0.3 is 0 Å². The van der Waals surface area contributed by atoms with Crippen LogP contribution >= 0.6 is 0 Å². The third-order valence-electron chi connectivity index (χ3n) is 3.15. The summed E-state index contributed by atoms with van der Waals surface area (Å²) in [6, 6.07) is 0.425. The molecular weight excluding hydrogens is 186 g/mol. The molecule has 1 fully saturated rings. The number of carbonyl (C=O) groups excluding carboxylic acids is 1. The highest BCUT2D eigenvalue weighted by Gasteiger charge is 2.24. The molecule has 0 radical (unpaired) electrons. The van der Waals surface area contributed by atoms with Crippen molar-refractivity contribution in [2.45, 2.75) is 65.8 Å². The number of nitrogens with one attached hydrogen (secondary N) is 1. The molecule has 0 aromatic rings. The molecule has 0 aliphatic heterocycles. The van der Waals surface area contributed by atoms with Gasteiger partial charge in [0, 0.05) is 12.5 Å². The fourth-order valence-electron chi connectivity index (χ4n) is 2.27. The lowest BCUT2D eigenvalue weighted by atomic mass is 9.85. The SMILES string of the molecule is C[C@@H]1CCCC[C@H]1NC(=O)CC(C)(C)C. The zero-order valence-electron chi connectivity index (χ0n) is 10.6. The molecule has 1 rings (SSSR count). The van der Waals surface area contributed by atoms with Crippen molar-refractivity contribution < 1.29 is 4.79 Å². The van der Waals surface area contributed by atoms with Crippen molar-refractivity contribution in [2.24, 2.45) is 11.3 Å². The van der Waals surface area contributed by atoms with E-state index in [1.807, 2.05) is 0 Å². The fraction of sp³-hybridized carbons (Fsp3) is 0.923. The van der Waals surface area contributed by atoms with Gasteiger partial charge in [0.15, 0.2) is 0 Å². The smallest absolute Gasteiger partial charge is 0.220 e. The molecule has 1 aliphatic carbocycles. The largest absolute Gasteiger partial charge is 0.353 e. The van der Waals surface area contributed by atoms with Crippen molar-refractivity contribution in [3.05, 3.63) is 0 Å². The van der Waals surface area contributed by atoms with Crippen LogP contribution in [0.25, 0.3) is 0 Å². The highest BCUT2D eigenvalue weighted by molar-refractivity contribution is 5.76. The predicted molar refractivity (Wildman–Crippen MR) is 63.6 cm³/mol. The van der Waals surface area contributed by atoms with Gasteiger partial charge in [-0.05, 0) is 24.2 Å². The lowest BCUT2D eigenvalue weighted by Gasteiger charge is -2.30. The van der Waals surface area contributed by atoms with E-state index in [0.29, 0.717) is 18.4 Å². The van der Waals surface area contributed by atoms with Crippen LogP contribution in [0.3, 0.4) is 0 Å². The Morgan fingerprint density at radius 2 is 1.87 bits per heavy atom. The number of amides is 1. The average molecular weight is 211 g/mol.